The van der Waals surface area contributed by atoms with Crippen LogP contribution >= 0.6 is 0 Å². The second-order valence-corrected chi connectivity index (χ2v) is 5.45. The maximum Gasteiger partial charge on any atom is 0.309 e. The normalized spacial score (nSPS) is 10.2. The molecule has 0 atom stereocenters. The lowest BCUT2D eigenvalue weighted by atomic mass is 10.1. The summed E-state index contributed by atoms with van der Waals surface area (Å²) < 4.78 is 10.5. The molecule has 0 saturated carbocycles. The van der Waals surface area contributed by atoms with Gasteiger partial charge in [-0.05, 0) is 0 Å². The minimum Gasteiger partial charge on any atom is -0.405 e. The van der Waals surface area contributed by atoms with Crippen molar-refractivity contribution >= 4 is 11.9 Å². The lowest BCUT2D eigenvalue weighted by Gasteiger charge is -2.13. The van der Waals surface area contributed by atoms with Crippen LogP contribution in [0.1, 0.15) is 13.8 Å². The number of hydrogen-bond acceptors (Lipinski definition) is 6. The Balaban J connectivity index is 2.24. The summed E-state index contributed by atoms with van der Waals surface area (Å²) in [5.74, 6) is -0.927. The molecule has 0 bridgehead atoms. The molecule has 0 amide bonds. The largest absolute Gasteiger partial charge is 0.405 e. The smallest absolute Gasteiger partial charge is 0.309 e. The van der Waals surface area contributed by atoms with Gasteiger partial charge in [-0.2, -0.15) is 0 Å². The van der Waals surface area contributed by atoms with E-state index >= 15 is 0 Å². The molecule has 1 aromatic heterocycles. The van der Waals surface area contributed by atoms with Gasteiger partial charge in [0.2, 0.25) is 11.8 Å². The van der Waals surface area contributed by atoms with Crippen LogP contribution in [0, 0.1) is 0 Å². The average molecular weight is 348 g/mol. The number of benzene rings is 2. The first-order valence-electron chi connectivity index (χ1n) is 7.94. The molecule has 130 valence electrons. The van der Waals surface area contributed by atoms with Crippen molar-refractivity contribution in [3.8, 4) is 34.3 Å². The molecular weight excluding hydrogens is 332 g/mol. The van der Waals surface area contributed by atoms with E-state index in [0.29, 0.717) is 22.5 Å². The summed E-state index contributed by atoms with van der Waals surface area (Å²) in [6.45, 7) is 2.58. The summed E-state index contributed by atoms with van der Waals surface area (Å²) in [5, 5.41) is 0. The van der Waals surface area contributed by atoms with Crippen molar-refractivity contribution in [3.63, 3.8) is 0 Å². The van der Waals surface area contributed by atoms with Crippen molar-refractivity contribution in [2.24, 2.45) is 0 Å². The summed E-state index contributed by atoms with van der Waals surface area (Å²) in [6, 6.07) is 18.2. The number of ether oxygens (including phenoxy) is 2. The van der Waals surface area contributed by atoms with Gasteiger partial charge < -0.3 is 9.47 Å². The fraction of sp³-hybridized carbons (Fsp3) is 0.100. The second-order valence-electron chi connectivity index (χ2n) is 5.45. The van der Waals surface area contributed by atoms with Crippen LogP contribution in [0.4, 0.5) is 0 Å². The quantitative estimate of drug-likeness (QED) is 0.670. The Morgan fingerprint density at radius 3 is 1.31 bits per heavy atom. The number of hydrogen-bond donors (Lipinski definition) is 0. The van der Waals surface area contributed by atoms with Gasteiger partial charge in [-0.1, -0.05) is 60.7 Å². The van der Waals surface area contributed by atoms with E-state index in [1.807, 2.05) is 36.4 Å². The van der Waals surface area contributed by atoms with Crippen LogP contribution in [0.3, 0.4) is 0 Å². The van der Waals surface area contributed by atoms with E-state index in [1.165, 1.54) is 13.8 Å². The Kier molecular flexibility index (Phi) is 5.03. The number of carbonyl (C=O) groups excluding carboxylic acids is 2. The molecule has 0 aliphatic rings. The first kappa shape index (κ1) is 17.3. The summed E-state index contributed by atoms with van der Waals surface area (Å²) in [7, 11) is 0. The van der Waals surface area contributed by atoms with Crippen LogP contribution in [0.15, 0.2) is 60.7 Å². The monoisotopic (exact) mass is 348 g/mol. The minimum absolute atomic E-state index is 0.0541. The molecule has 0 unspecified atom stereocenters. The van der Waals surface area contributed by atoms with Crippen LogP contribution < -0.4 is 9.47 Å². The zero-order chi connectivity index (χ0) is 18.5. The molecule has 0 radical (unpaired) electrons. The number of rotatable bonds is 4. The van der Waals surface area contributed by atoms with E-state index in [-0.39, 0.29) is 11.8 Å². The SMILES string of the molecule is CC(=O)Oc1nc(-c2ccccc2)c(OC(C)=O)nc1-c1ccccc1. The van der Waals surface area contributed by atoms with E-state index in [9.17, 15) is 9.59 Å². The predicted octanol–water partition coefficient (Wildman–Crippen LogP) is 3.66. The molecule has 26 heavy (non-hydrogen) atoms. The highest BCUT2D eigenvalue weighted by atomic mass is 16.5. The van der Waals surface area contributed by atoms with Gasteiger partial charge in [0.1, 0.15) is 11.4 Å². The van der Waals surface area contributed by atoms with Crippen LogP contribution in [-0.2, 0) is 9.59 Å². The van der Waals surface area contributed by atoms with Crippen molar-refractivity contribution in [1.82, 2.24) is 9.97 Å². The van der Waals surface area contributed by atoms with Gasteiger partial charge in [-0.3, -0.25) is 9.59 Å². The molecule has 3 aromatic rings. The Morgan fingerprint density at radius 1 is 0.654 bits per heavy atom. The molecule has 6 nitrogen and oxygen atoms in total. The summed E-state index contributed by atoms with van der Waals surface area (Å²) in [5.41, 5.74) is 2.00. The van der Waals surface area contributed by atoms with E-state index in [1.54, 1.807) is 24.3 Å². The Hall–Kier alpha value is -3.54. The number of aromatic nitrogens is 2. The van der Waals surface area contributed by atoms with Gasteiger partial charge in [0, 0.05) is 25.0 Å². The minimum atomic E-state index is -0.518. The molecule has 6 heteroatoms. The first-order chi connectivity index (χ1) is 12.5. The lowest BCUT2D eigenvalue weighted by Crippen LogP contribution is -2.10. The van der Waals surface area contributed by atoms with Gasteiger partial charge in [0.15, 0.2) is 0 Å². The van der Waals surface area contributed by atoms with Gasteiger partial charge in [-0.15, -0.1) is 0 Å². The number of esters is 2. The molecule has 1 heterocycles. The fourth-order valence-corrected chi connectivity index (χ4v) is 2.39. The second kappa shape index (κ2) is 7.57. The summed E-state index contributed by atoms with van der Waals surface area (Å²) in [6.07, 6.45) is 0. The van der Waals surface area contributed by atoms with E-state index in [4.69, 9.17) is 9.47 Å². The van der Waals surface area contributed by atoms with Crippen molar-refractivity contribution in [1.29, 1.82) is 0 Å². The predicted molar refractivity (Wildman–Crippen MR) is 95.5 cm³/mol. The average Bonchev–Trinajstić information content (AvgIpc) is 2.63. The van der Waals surface area contributed by atoms with E-state index in [2.05, 4.69) is 9.97 Å². The highest BCUT2D eigenvalue weighted by molar-refractivity contribution is 5.78. The Labute approximate surface area is 150 Å². The molecule has 0 spiro atoms. The zero-order valence-electron chi connectivity index (χ0n) is 14.3. The number of nitrogens with zero attached hydrogens (tertiary/aromatic N) is 2. The third-order valence-electron chi connectivity index (χ3n) is 3.41. The Bertz CT molecular complexity index is 862. The topological polar surface area (TPSA) is 78.4 Å². The molecule has 3 rings (SSSR count). The highest BCUT2D eigenvalue weighted by Gasteiger charge is 2.21. The molecule has 2 aromatic carbocycles. The molecule has 0 fully saturated rings. The third kappa shape index (κ3) is 3.92. The van der Waals surface area contributed by atoms with Crippen LogP contribution in [0.2, 0.25) is 0 Å². The molecule has 0 aliphatic carbocycles. The van der Waals surface area contributed by atoms with Crippen molar-refractivity contribution < 1.29 is 19.1 Å². The zero-order valence-corrected chi connectivity index (χ0v) is 14.3. The molecular formula is C20H16N2O4. The van der Waals surface area contributed by atoms with E-state index < -0.39 is 11.9 Å². The molecule has 0 N–H and O–H groups in total. The van der Waals surface area contributed by atoms with Crippen molar-refractivity contribution in [2.45, 2.75) is 13.8 Å². The number of carbonyl (C=O) groups is 2. The van der Waals surface area contributed by atoms with E-state index in [0.717, 1.165) is 0 Å². The van der Waals surface area contributed by atoms with Crippen molar-refractivity contribution in [2.75, 3.05) is 0 Å². The van der Waals surface area contributed by atoms with Gasteiger partial charge in [0.05, 0.1) is 0 Å². The summed E-state index contributed by atoms with van der Waals surface area (Å²) in [4.78, 5) is 31.9. The van der Waals surface area contributed by atoms with Crippen LogP contribution in [0.25, 0.3) is 22.5 Å². The van der Waals surface area contributed by atoms with Crippen LogP contribution in [0.5, 0.6) is 11.8 Å². The van der Waals surface area contributed by atoms with Crippen molar-refractivity contribution in [3.05, 3.63) is 60.7 Å². The van der Waals surface area contributed by atoms with Crippen LogP contribution in [-0.4, -0.2) is 21.9 Å². The maximum atomic E-state index is 11.5. The van der Waals surface area contributed by atoms with Gasteiger partial charge in [-0.25, -0.2) is 9.97 Å². The standard InChI is InChI=1S/C20H16N2O4/c1-13(23)25-19-17(15-9-5-3-6-10-15)22-20(26-14(2)24)18(21-19)16-11-7-4-8-12-16/h3-12H,1-2H3. The first-order valence-corrected chi connectivity index (χ1v) is 7.94. The Morgan fingerprint density at radius 2 is 1.00 bits per heavy atom. The lowest BCUT2D eigenvalue weighted by molar-refractivity contribution is -0.133. The van der Waals surface area contributed by atoms with Gasteiger partial charge >= 0.3 is 11.9 Å². The third-order valence-corrected chi connectivity index (χ3v) is 3.41. The highest BCUT2D eigenvalue weighted by Crippen LogP contribution is 2.35. The summed E-state index contributed by atoms with van der Waals surface area (Å²) >= 11 is 0. The molecule has 0 aliphatic heterocycles. The van der Waals surface area contributed by atoms with Gasteiger partial charge in [0.25, 0.3) is 0 Å². The molecule has 0 saturated heterocycles. The fourth-order valence-electron chi connectivity index (χ4n) is 2.39. The maximum absolute atomic E-state index is 11.5.